The largest absolute Gasteiger partial charge is 0.457 e. The Morgan fingerprint density at radius 1 is 1.05 bits per heavy atom. The zero-order chi connectivity index (χ0) is 27.1. The molecule has 7 atom stereocenters. The smallest absolute Gasteiger partial charge is 0.309 e. The van der Waals surface area contributed by atoms with Crippen molar-refractivity contribution < 1.29 is 24.5 Å². The number of aliphatic hydroxyl groups excluding tert-OH is 2. The Kier molecular flexibility index (Phi) is 8.15. The molecule has 7 nitrogen and oxygen atoms in total. The van der Waals surface area contributed by atoms with Crippen molar-refractivity contribution in [1.29, 1.82) is 0 Å². The van der Waals surface area contributed by atoms with Gasteiger partial charge >= 0.3 is 5.97 Å². The van der Waals surface area contributed by atoms with Gasteiger partial charge in [-0.1, -0.05) is 46.6 Å². The van der Waals surface area contributed by atoms with Gasteiger partial charge in [-0.15, -0.1) is 0 Å². The van der Waals surface area contributed by atoms with Crippen LogP contribution in [0.4, 0.5) is 0 Å². The Hall–Kier alpha value is -2.25. The Bertz CT molecular complexity index is 1140. The number of aromatic nitrogens is 2. The summed E-state index contributed by atoms with van der Waals surface area (Å²) < 4.78 is 8.09. The number of imidazole rings is 1. The molecule has 1 aliphatic carbocycles. The topological polar surface area (TPSA) is 102 Å². The normalized spacial score (nSPS) is 34.0. The highest BCUT2D eigenvalue weighted by molar-refractivity contribution is 5.88. The minimum Gasteiger partial charge on any atom is -0.457 e. The number of ether oxygens (including phenoxy) is 1. The highest BCUT2D eigenvalue weighted by Gasteiger charge is 2.43. The van der Waals surface area contributed by atoms with Crippen molar-refractivity contribution in [3.8, 4) is 0 Å². The van der Waals surface area contributed by atoms with Gasteiger partial charge in [0.2, 0.25) is 0 Å². The number of nitrogens with zero attached hydrogens (tertiary/aromatic N) is 2. The molecule has 2 aliphatic rings. The van der Waals surface area contributed by atoms with Crippen LogP contribution < -0.4 is 0 Å². The molecular weight excluding hydrogens is 468 g/mol. The van der Waals surface area contributed by atoms with Crippen LogP contribution in [0.15, 0.2) is 18.2 Å². The van der Waals surface area contributed by atoms with Crippen molar-refractivity contribution >= 4 is 22.8 Å². The second-order valence-electron chi connectivity index (χ2n) is 12.3. The van der Waals surface area contributed by atoms with Crippen molar-refractivity contribution in [2.24, 2.45) is 36.1 Å². The molecule has 0 radical (unpaired) electrons. The van der Waals surface area contributed by atoms with Gasteiger partial charge in [0, 0.05) is 13.0 Å². The van der Waals surface area contributed by atoms with Crippen molar-refractivity contribution in [2.45, 2.75) is 97.9 Å². The minimum atomic E-state index is -1.21. The first-order valence-corrected chi connectivity index (χ1v) is 13.9. The molecule has 0 amide bonds. The van der Waals surface area contributed by atoms with E-state index in [1.807, 2.05) is 43.7 Å². The van der Waals surface area contributed by atoms with Gasteiger partial charge in [0.15, 0.2) is 0 Å². The van der Waals surface area contributed by atoms with Gasteiger partial charge in [-0.05, 0) is 68.1 Å². The summed E-state index contributed by atoms with van der Waals surface area (Å²) in [5.41, 5.74) is 1.64. The fourth-order valence-corrected chi connectivity index (χ4v) is 6.28. The van der Waals surface area contributed by atoms with Gasteiger partial charge in [0.25, 0.3) is 0 Å². The van der Waals surface area contributed by atoms with E-state index in [9.17, 15) is 19.8 Å². The van der Waals surface area contributed by atoms with E-state index in [0.29, 0.717) is 11.8 Å². The second-order valence-corrected chi connectivity index (χ2v) is 12.3. The van der Waals surface area contributed by atoms with Crippen LogP contribution in [0.3, 0.4) is 0 Å². The number of ketones is 1. The lowest BCUT2D eigenvalue weighted by molar-refractivity contribution is -0.157. The maximum Gasteiger partial charge on any atom is 0.309 e. The lowest BCUT2D eigenvalue weighted by atomic mass is 9.68. The van der Waals surface area contributed by atoms with E-state index in [0.717, 1.165) is 54.5 Å². The molecule has 0 bridgehead atoms. The number of carbonyl (C=O) groups is 2. The Morgan fingerprint density at radius 2 is 1.76 bits per heavy atom. The number of fused-ring (bicyclic) bond motifs is 2. The third-order valence-electron chi connectivity index (χ3n) is 9.44. The maximum absolute atomic E-state index is 13.3. The van der Waals surface area contributed by atoms with Crippen LogP contribution in [-0.2, 0) is 21.4 Å². The summed E-state index contributed by atoms with van der Waals surface area (Å²) in [5.74, 6) is 0.582. The van der Waals surface area contributed by atoms with Crippen LogP contribution in [0, 0.1) is 36.0 Å². The number of benzene rings is 1. The van der Waals surface area contributed by atoms with Crippen LogP contribution in [0.5, 0.6) is 0 Å². The molecule has 37 heavy (non-hydrogen) atoms. The number of rotatable bonds is 1. The predicted molar refractivity (Wildman–Crippen MR) is 143 cm³/mol. The summed E-state index contributed by atoms with van der Waals surface area (Å²) in [7, 11) is 1.99. The average Bonchev–Trinajstić information content (AvgIpc) is 3.13. The van der Waals surface area contributed by atoms with Crippen molar-refractivity contribution in [1.82, 2.24) is 9.55 Å². The summed E-state index contributed by atoms with van der Waals surface area (Å²) >= 11 is 0. The predicted octanol–water partition coefficient (Wildman–Crippen LogP) is 5.05. The first kappa shape index (κ1) is 27.8. The molecule has 0 unspecified atom stereocenters. The SMILES string of the molecule is Cc1nc2cc([C@@H]3C[C@@H]4CC[C@H]4CCC[C@H](C)[C@H](O)[C@@H](C)C(=O)C(C)(C)[C@@H](O)CC(=O)O3)ccc2n1C. The fourth-order valence-electron chi connectivity index (χ4n) is 6.28. The van der Waals surface area contributed by atoms with Gasteiger partial charge in [-0.25, -0.2) is 4.98 Å². The molecule has 1 aromatic carbocycles. The highest BCUT2D eigenvalue weighted by atomic mass is 16.5. The van der Waals surface area contributed by atoms with Crippen molar-refractivity contribution in [2.75, 3.05) is 0 Å². The van der Waals surface area contributed by atoms with Gasteiger partial charge < -0.3 is 19.5 Å². The van der Waals surface area contributed by atoms with Gasteiger partial charge in [0.1, 0.15) is 17.7 Å². The molecule has 2 heterocycles. The van der Waals surface area contributed by atoms with Crippen LogP contribution in [0.25, 0.3) is 11.0 Å². The van der Waals surface area contributed by atoms with E-state index in [1.54, 1.807) is 20.8 Å². The van der Waals surface area contributed by atoms with E-state index in [1.165, 1.54) is 6.42 Å². The fraction of sp³-hybridized carbons (Fsp3) is 0.700. The summed E-state index contributed by atoms with van der Waals surface area (Å²) in [6.45, 7) is 9.00. The number of hydrogen-bond donors (Lipinski definition) is 2. The number of esters is 1. The number of carbonyl (C=O) groups excluding carboxylic acids is 2. The van der Waals surface area contributed by atoms with E-state index >= 15 is 0 Å². The summed E-state index contributed by atoms with van der Waals surface area (Å²) in [5, 5.41) is 21.9. The van der Waals surface area contributed by atoms with E-state index in [2.05, 4.69) is 4.98 Å². The number of aryl methyl sites for hydroxylation is 2. The monoisotopic (exact) mass is 512 g/mol. The van der Waals surface area contributed by atoms with Gasteiger partial charge in [0.05, 0.1) is 35.1 Å². The first-order chi connectivity index (χ1) is 17.4. The number of aliphatic hydroxyl groups is 2. The van der Waals surface area contributed by atoms with Gasteiger partial charge in [-0.2, -0.15) is 0 Å². The second kappa shape index (κ2) is 10.9. The molecule has 4 rings (SSSR count). The van der Waals surface area contributed by atoms with Crippen LogP contribution >= 0.6 is 0 Å². The van der Waals surface area contributed by atoms with Crippen molar-refractivity contribution in [3.05, 3.63) is 29.6 Å². The van der Waals surface area contributed by atoms with E-state index in [-0.39, 0.29) is 18.1 Å². The Balaban J connectivity index is 1.62. The van der Waals surface area contributed by atoms with E-state index < -0.39 is 35.6 Å². The quantitative estimate of drug-likeness (QED) is 0.519. The Morgan fingerprint density at radius 3 is 2.43 bits per heavy atom. The molecule has 2 aromatic rings. The summed E-state index contributed by atoms with van der Waals surface area (Å²) in [4.78, 5) is 31.1. The van der Waals surface area contributed by atoms with Crippen LogP contribution in [0.1, 0.15) is 90.1 Å². The molecule has 7 heteroatoms. The molecule has 0 spiro atoms. The average molecular weight is 513 g/mol. The molecule has 1 aromatic heterocycles. The number of cyclic esters (lactones) is 1. The van der Waals surface area contributed by atoms with Crippen LogP contribution in [-0.4, -0.2) is 43.7 Å². The molecule has 204 valence electrons. The minimum absolute atomic E-state index is 0.00963. The summed E-state index contributed by atoms with van der Waals surface area (Å²) in [6.07, 6.45) is 3.28. The molecule has 2 N–H and O–H groups in total. The molecule has 1 aliphatic heterocycles. The van der Waals surface area contributed by atoms with Gasteiger partial charge in [-0.3, -0.25) is 9.59 Å². The highest BCUT2D eigenvalue weighted by Crippen LogP contribution is 2.45. The first-order valence-electron chi connectivity index (χ1n) is 13.9. The Labute approximate surface area is 220 Å². The maximum atomic E-state index is 13.3. The van der Waals surface area contributed by atoms with Crippen LogP contribution in [0.2, 0.25) is 0 Å². The third kappa shape index (κ3) is 5.63. The standard InChI is InChI=1S/C30H44N2O5/c1-17-8-7-9-20-10-11-21(20)15-25(22-12-13-24-23(14-22)31-19(3)32(24)6)37-27(34)16-26(33)30(4,5)29(36)18(2)28(17)35/h12-14,17-18,20-21,25-26,28,33,35H,7-11,15-16H2,1-6H3/t17-,18+,20+,21-,25-,26-,28-/m0/s1. The number of Topliss-reactive ketones (excluding diaryl/α,β-unsaturated/α-hetero) is 1. The lowest BCUT2D eigenvalue weighted by Crippen LogP contribution is -2.45. The molecule has 1 saturated heterocycles. The lowest BCUT2D eigenvalue weighted by Gasteiger charge is -2.40. The van der Waals surface area contributed by atoms with E-state index in [4.69, 9.17) is 4.74 Å². The molecular formula is C30H44N2O5. The summed E-state index contributed by atoms with van der Waals surface area (Å²) in [6, 6.07) is 6.06. The third-order valence-corrected chi connectivity index (χ3v) is 9.44. The zero-order valence-corrected chi connectivity index (χ0v) is 23.2. The zero-order valence-electron chi connectivity index (χ0n) is 23.2. The molecule has 2 fully saturated rings. The molecule has 1 saturated carbocycles. The number of hydrogen-bond acceptors (Lipinski definition) is 6. The van der Waals surface area contributed by atoms with Crippen molar-refractivity contribution in [3.63, 3.8) is 0 Å².